The Labute approximate surface area is 95.9 Å². The zero-order valence-electron chi connectivity index (χ0n) is 7.99. The smallest absolute Gasteiger partial charge is 0.337 e. The normalized spacial score (nSPS) is 11.4. The molecule has 2 N–H and O–H groups in total. The summed E-state index contributed by atoms with van der Waals surface area (Å²) in [4.78, 5) is 10.2. The fraction of sp³-hybridized carbons (Fsp3) is 0.125. The molecule has 1 aromatic carbocycles. The van der Waals surface area contributed by atoms with Crippen LogP contribution in [0.1, 0.15) is 10.4 Å². The molecular weight excluding hydrogens is 261 g/mol. The number of nitrogens with one attached hydrogen (secondary N) is 1. The molecule has 0 aliphatic rings. The van der Waals surface area contributed by atoms with E-state index in [1.54, 1.807) is 0 Å². The SMILES string of the molecule is CNS(=O)(=O)c1cc(F)c(Cl)c(C(=O)O)c1. The molecule has 1 rings (SSSR count). The Morgan fingerprint density at radius 2 is 2.06 bits per heavy atom. The lowest BCUT2D eigenvalue weighted by Crippen LogP contribution is -2.19. The van der Waals surface area contributed by atoms with E-state index in [0.717, 1.165) is 13.1 Å². The Hall–Kier alpha value is -1.18. The van der Waals surface area contributed by atoms with Gasteiger partial charge in [-0.3, -0.25) is 0 Å². The number of hydrogen-bond acceptors (Lipinski definition) is 3. The number of carboxylic acids is 1. The lowest BCUT2D eigenvalue weighted by Gasteiger charge is -2.06. The molecule has 0 radical (unpaired) electrons. The van der Waals surface area contributed by atoms with E-state index in [2.05, 4.69) is 0 Å². The fourth-order valence-corrected chi connectivity index (χ4v) is 1.95. The lowest BCUT2D eigenvalue weighted by atomic mass is 10.2. The van der Waals surface area contributed by atoms with Crippen LogP contribution in [0.25, 0.3) is 0 Å². The van der Waals surface area contributed by atoms with Crippen molar-refractivity contribution >= 4 is 27.6 Å². The van der Waals surface area contributed by atoms with Crippen molar-refractivity contribution in [1.82, 2.24) is 4.72 Å². The van der Waals surface area contributed by atoms with E-state index in [-0.39, 0.29) is 0 Å². The second-order valence-corrected chi connectivity index (χ2v) is 5.04. The van der Waals surface area contributed by atoms with Crippen molar-refractivity contribution in [3.05, 3.63) is 28.5 Å². The Morgan fingerprint density at radius 1 is 1.50 bits per heavy atom. The molecule has 1 aromatic rings. The van der Waals surface area contributed by atoms with Crippen molar-refractivity contribution in [3.8, 4) is 0 Å². The van der Waals surface area contributed by atoms with Crippen LogP contribution in [0.4, 0.5) is 4.39 Å². The molecular formula is C8H7ClFNO4S. The van der Waals surface area contributed by atoms with Gasteiger partial charge in [0.05, 0.1) is 15.5 Å². The second-order valence-electron chi connectivity index (χ2n) is 2.78. The highest BCUT2D eigenvalue weighted by Crippen LogP contribution is 2.24. The summed E-state index contributed by atoms with van der Waals surface area (Å²) >= 11 is 5.38. The zero-order valence-corrected chi connectivity index (χ0v) is 9.56. The van der Waals surface area contributed by atoms with Crippen LogP contribution in [0.5, 0.6) is 0 Å². The summed E-state index contributed by atoms with van der Waals surface area (Å²) in [6.45, 7) is 0. The summed E-state index contributed by atoms with van der Waals surface area (Å²) in [7, 11) is -2.78. The maximum absolute atomic E-state index is 13.2. The molecule has 5 nitrogen and oxygen atoms in total. The van der Waals surface area contributed by atoms with Crippen molar-refractivity contribution < 1.29 is 22.7 Å². The van der Waals surface area contributed by atoms with Crippen molar-refractivity contribution in [3.63, 3.8) is 0 Å². The van der Waals surface area contributed by atoms with E-state index in [0.29, 0.717) is 6.07 Å². The van der Waals surface area contributed by atoms with Crippen molar-refractivity contribution in [2.45, 2.75) is 4.90 Å². The van der Waals surface area contributed by atoms with Crippen LogP contribution in [0.2, 0.25) is 5.02 Å². The van der Waals surface area contributed by atoms with E-state index in [9.17, 15) is 17.6 Å². The highest BCUT2D eigenvalue weighted by atomic mass is 35.5. The summed E-state index contributed by atoms with van der Waals surface area (Å²) in [6.07, 6.45) is 0. The Morgan fingerprint density at radius 3 is 2.50 bits per heavy atom. The first kappa shape index (κ1) is 12.9. The number of benzene rings is 1. The van der Waals surface area contributed by atoms with Gasteiger partial charge in [-0.1, -0.05) is 11.6 Å². The standard InChI is InChI=1S/C8H7ClFNO4S/c1-11-16(14,15)4-2-5(8(12)13)7(9)6(10)3-4/h2-3,11H,1H3,(H,12,13). The van der Waals surface area contributed by atoms with Crippen molar-refractivity contribution in [2.75, 3.05) is 7.05 Å². The highest BCUT2D eigenvalue weighted by Gasteiger charge is 2.20. The summed E-state index contributed by atoms with van der Waals surface area (Å²) in [6, 6.07) is 1.44. The average molecular weight is 268 g/mol. The van der Waals surface area contributed by atoms with Crippen LogP contribution in [0.15, 0.2) is 17.0 Å². The largest absolute Gasteiger partial charge is 0.478 e. The number of halogens is 2. The first-order valence-electron chi connectivity index (χ1n) is 3.95. The van der Waals surface area contributed by atoms with E-state index in [1.165, 1.54) is 0 Å². The van der Waals surface area contributed by atoms with Crippen LogP contribution in [0.3, 0.4) is 0 Å². The van der Waals surface area contributed by atoms with Gasteiger partial charge in [-0.15, -0.1) is 0 Å². The molecule has 0 saturated carbocycles. The topological polar surface area (TPSA) is 83.5 Å². The molecule has 0 aliphatic heterocycles. The third-order valence-electron chi connectivity index (χ3n) is 1.81. The maximum atomic E-state index is 13.2. The summed E-state index contributed by atoms with van der Waals surface area (Å²) < 4.78 is 37.8. The first-order valence-corrected chi connectivity index (χ1v) is 5.81. The number of hydrogen-bond donors (Lipinski definition) is 2. The lowest BCUT2D eigenvalue weighted by molar-refractivity contribution is 0.0696. The molecule has 0 saturated heterocycles. The molecule has 8 heteroatoms. The van der Waals surface area contributed by atoms with E-state index >= 15 is 0 Å². The van der Waals surface area contributed by atoms with Gasteiger partial charge < -0.3 is 5.11 Å². The Bertz CT molecular complexity index is 543. The third kappa shape index (κ3) is 2.31. The van der Waals surface area contributed by atoms with Crippen LogP contribution < -0.4 is 4.72 Å². The quantitative estimate of drug-likeness (QED) is 0.859. The van der Waals surface area contributed by atoms with Crippen LogP contribution in [0, 0.1) is 5.82 Å². The predicted octanol–water partition coefficient (Wildman–Crippen LogP) is 1.09. The molecule has 0 atom stereocenters. The van der Waals surface area contributed by atoms with Gasteiger partial charge in [0.25, 0.3) is 0 Å². The molecule has 0 aromatic heterocycles. The Kier molecular flexibility index (Phi) is 3.51. The molecule has 0 aliphatic carbocycles. The summed E-state index contributed by atoms with van der Waals surface area (Å²) in [5.41, 5.74) is -0.601. The molecule has 16 heavy (non-hydrogen) atoms. The van der Waals surface area contributed by atoms with Gasteiger partial charge >= 0.3 is 5.97 Å². The number of rotatable bonds is 3. The minimum absolute atomic E-state index is 0.491. The fourth-order valence-electron chi connectivity index (χ4n) is 0.993. The minimum Gasteiger partial charge on any atom is -0.478 e. The van der Waals surface area contributed by atoms with Gasteiger partial charge in [0, 0.05) is 0 Å². The number of carbonyl (C=O) groups is 1. The Balaban J connectivity index is 3.53. The van der Waals surface area contributed by atoms with Gasteiger partial charge in [-0.25, -0.2) is 22.3 Å². The monoisotopic (exact) mass is 267 g/mol. The highest BCUT2D eigenvalue weighted by molar-refractivity contribution is 7.89. The average Bonchev–Trinajstić information content (AvgIpc) is 2.21. The van der Waals surface area contributed by atoms with Crippen molar-refractivity contribution in [1.29, 1.82) is 0 Å². The van der Waals surface area contributed by atoms with Crippen LogP contribution >= 0.6 is 11.6 Å². The van der Waals surface area contributed by atoms with Gasteiger partial charge in [0.15, 0.2) is 0 Å². The number of sulfonamides is 1. The molecule has 0 amide bonds. The predicted molar refractivity (Wildman–Crippen MR) is 54.6 cm³/mol. The number of carboxylic acid groups (broad SMARTS) is 1. The van der Waals surface area contributed by atoms with Crippen molar-refractivity contribution in [2.24, 2.45) is 0 Å². The van der Waals surface area contributed by atoms with Crippen LogP contribution in [-0.2, 0) is 10.0 Å². The van der Waals surface area contributed by atoms with Gasteiger partial charge in [-0.05, 0) is 19.2 Å². The molecule has 0 fully saturated rings. The van der Waals surface area contributed by atoms with E-state index < -0.39 is 37.3 Å². The molecule has 88 valence electrons. The molecule has 0 heterocycles. The molecule has 0 spiro atoms. The molecule has 0 unspecified atom stereocenters. The number of aromatic carboxylic acids is 1. The zero-order chi connectivity index (χ0) is 12.5. The van der Waals surface area contributed by atoms with Gasteiger partial charge in [0.1, 0.15) is 5.82 Å². The summed E-state index contributed by atoms with van der Waals surface area (Å²) in [5, 5.41) is 8.06. The van der Waals surface area contributed by atoms with Gasteiger partial charge in [0.2, 0.25) is 10.0 Å². The minimum atomic E-state index is -3.91. The third-order valence-corrected chi connectivity index (χ3v) is 3.59. The first-order chi connectivity index (χ1) is 7.29. The molecule has 0 bridgehead atoms. The second kappa shape index (κ2) is 4.36. The van der Waals surface area contributed by atoms with Crippen LogP contribution in [-0.4, -0.2) is 26.5 Å². The maximum Gasteiger partial charge on any atom is 0.337 e. The van der Waals surface area contributed by atoms with Gasteiger partial charge in [-0.2, -0.15) is 0 Å². The van der Waals surface area contributed by atoms with E-state index in [4.69, 9.17) is 16.7 Å². The summed E-state index contributed by atoms with van der Waals surface area (Å²) in [5.74, 6) is -2.60. The van der Waals surface area contributed by atoms with E-state index in [1.807, 2.05) is 4.72 Å².